The quantitative estimate of drug-likeness (QED) is 0.568. The first kappa shape index (κ1) is 18.5. The molecular formula is C22H32. The maximum Gasteiger partial charge on any atom is -0.0214 e. The molecule has 0 fully saturated rings. The molecule has 0 N–H and O–H groups in total. The Hall–Kier alpha value is -1.56. The maximum atomic E-state index is 2.25. The average Bonchev–Trinajstić information content (AvgIpc) is 2.41. The van der Waals surface area contributed by atoms with Crippen LogP contribution in [0.15, 0.2) is 36.4 Å². The third kappa shape index (κ3) is 4.73. The van der Waals surface area contributed by atoms with Crippen molar-refractivity contribution in [1.82, 2.24) is 0 Å². The van der Waals surface area contributed by atoms with E-state index in [9.17, 15) is 0 Å². The summed E-state index contributed by atoms with van der Waals surface area (Å²) >= 11 is 0. The fourth-order valence-corrected chi connectivity index (χ4v) is 3.14. The Balaban J connectivity index is 0.000000220. The van der Waals surface area contributed by atoms with Gasteiger partial charge in [0, 0.05) is 0 Å². The minimum Gasteiger partial charge on any atom is -0.0617 e. The van der Waals surface area contributed by atoms with E-state index >= 15 is 0 Å². The molecule has 0 aliphatic heterocycles. The first-order valence-electron chi connectivity index (χ1n) is 8.37. The molecule has 0 unspecified atom stereocenters. The van der Waals surface area contributed by atoms with E-state index in [1.165, 1.54) is 33.4 Å². The second kappa shape index (κ2) is 8.17. The van der Waals surface area contributed by atoms with Crippen molar-refractivity contribution in [3.8, 4) is 0 Å². The van der Waals surface area contributed by atoms with Crippen LogP contribution >= 0.6 is 0 Å². The Bertz CT molecular complexity index is 583. The van der Waals surface area contributed by atoms with Gasteiger partial charge >= 0.3 is 0 Å². The zero-order valence-electron chi connectivity index (χ0n) is 15.6. The molecule has 0 saturated carbocycles. The topological polar surface area (TPSA) is 0 Å². The van der Waals surface area contributed by atoms with Gasteiger partial charge in [-0.15, -0.1) is 0 Å². The first-order chi connectivity index (χ1) is 10.3. The van der Waals surface area contributed by atoms with Crippen LogP contribution in [-0.2, 0) is 0 Å². The zero-order valence-corrected chi connectivity index (χ0v) is 15.6. The lowest BCUT2D eigenvalue weighted by Gasteiger charge is -2.12. The van der Waals surface area contributed by atoms with Crippen LogP contribution in [0.3, 0.4) is 0 Å². The maximum absolute atomic E-state index is 2.25. The Kier molecular flexibility index (Phi) is 6.87. The molecule has 0 aliphatic carbocycles. The van der Waals surface area contributed by atoms with Crippen molar-refractivity contribution in [2.45, 2.75) is 67.2 Å². The molecule has 0 saturated heterocycles. The van der Waals surface area contributed by atoms with Gasteiger partial charge in [-0.3, -0.25) is 0 Å². The summed E-state index contributed by atoms with van der Waals surface area (Å²) < 4.78 is 0. The summed E-state index contributed by atoms with van der Waals surface area (Å²) in [5.74, 6) is 1.30. The lowest BCUT2D eigenvalue weighted by atomic mass is 9.94. The van der Waals surface area contributed by atoms with Crippen LogP contribution in [0, 0.1) is 27.7 Å². The normalized spacial score (nSPS) is 10.6. The molecule has 0 nitrogen and oxygen atoms in total. The standard InChI is InChI=1S/2C11H16/c1-8(2)11-7-5-6-9(3)10(11)4;1-8(2)11-9(3)6-5-7-10(11)4/h2*5-8H,1-4H3. The van der Waals surface area contributed by atoms with Gasteiger partial charge in [0.2, 0.25) is 0 Å². The van der Waals surface area contributed by atoms with Crippen LogP contribution in [0.4, 0.5) is 0 Å². The summed E-state index contributed by atoms with van der Waals surface area (Å²) in [5, 5.41) is 0. The molecule has 0 heteroatoms. The Morgan fingerprint density at radius 1 is 0.591 bits per heavy atom. The van der Waals surface area contributed by atoms with Gasteiger partial charge in [-0.1, -0.05) is 64.1 Å². The van der Waals surface area contributed by atoms with Crippen molar-refractivity contribution in [3.63, 3.8) is 0 Å². The second-order valence-electron chi connectivity index (χ2n) is 6.90. The number of hydrogen-bond acceptors (Lipinski definition) is 0. The molecule has 2 rings (SSSR count). The van der Waals surface area contributed by atoms with Crippen molar-refractivity contribution < 1.29 is 0 Å². The lowest BCUT2D eigenvalue weighted by molar-refractivity contribution is 0.846. The molecule has 22 heavy (non-hydrogen) atoms. The van der Waals surface area contributed by atoms with Gasteiger partial charge in [-0.2, -0.15) is 0 Å². The molecule has 0 aromatic heterocycles. The van der Waals surface area contributed by atoms with E-state index < -0.39 is 0 Å². The van der Waals surface area contributed by atoms with E-state index in [1.807, 2.05) is 0 Å². The van der Waals surface area contributed by atoms with Crippen molar-refractivity contribution >= 4 is 0 Å². The van der Waals surface area contributed by atoms with Crippen molar-refractivity contribution in [2.75, 3.05) is 0 Å². The van der Waals surface area contributed by atoms with Gasteiger partial charge in [0.1, 0.15) is 0 Å². The van der Waals surface area contributed by atoms with Crippen LogP contribution in [0.2, 0.25) is 0 Å². The van der Waals surface area contributed by atoms with Crippen LogP contribution in [0.25, 0.3) is 0 Å². The van der Waals surface area contributed by atoms with Gasteiger partial charge in [0.05, 0.1) is 0 Å². The summed E-state index contributed by atoms with van der Waals surface area (Å²) in [6.45, 7) is 17.7. The van der Waals surface area contributed by atoms with Crippen LogP contribution in [0.5, 0.6) is 0 Å². The minimum absolute atomic E-state index is 0.648. The molecule has 0 aliphatic rings. The Morgan fingerprint density at radius 3 is 1.41 bits per heavy atom. The molecule has 2 aromatic rings. The van der Waals surface area contributed by atoms with Crippen LogP contribution in [0.1, 0.15) is 72.9 Å². The van der Waals surface area contributed by atoms with Crippen molar-refractivity contribution in [2.24, 2.45) is 0 Å². The van der Waals surface area contributed by atoms with Crippen LogP contribution in [-0.4, -0.2) is 0 Å². The number of aryl methyl sites for hydroxylation is 3. The summed E-state index contributed by atoms with van der Waals surface area (Å²) in [5.41, 5.74) is 8.66. The average molecular weight is 296 g/mol. The highest BCUT2D eigenvalue weighted by Gasteiger charge is 2.05. The number of hydrogen-bond donors (Lipinski definition) is 0. The summed E-state index contributed by atoms with van der Waals surface area (Å²) in [7, 11) is 0. The summed E-state index contributed by atoms with van der Waals surface area (Å²) in [6.07, 6.45) is 0. The molecule has 0 amide bonds. The first-order valence-corrected chi connectivity index (χ1v) is 8.37. The van der Waals surface area contributed by atoms with E-state index in [0.29, 0.717) is 11.8 Å². The Labute approximate surface area is 137 Å². The van der Waals surface area contributed by atoms with Gasteiger partial charge in [0.25, 0.3) is 0 Å². The third-order valence-corrected chi connectivity index (χ3v) is 4.39. The van der Waals surface area contributed by atoms with E-state index in [-0.39, 0.29) is 0 Å². The smallest absolute Gasteiger partial charge is 0.0214 e. The minimum atomic E-state index is 0.648. The molecule has 0 heterocycles. The molecule has 0 spiro atoms. The third-order valence-electron chi connectivity index (χ3n) is 4.39. The molecule has 2 aromatic carbocycles. The molecule has 0 atom stereocenters. The van der Waals surface area contributed by atoms with Gasteiger partial charge in [-0.05, 0) is 72.9 Å². The predicted molar refractivity (Wildman–Crippen MR) is 100 cm³/mol. The summed E-state index contributed by atoms with van der Waals surface area (Å²) in [6, 6.07) is 13.0. The van der Waals surface area contributed by atoms with E-state index in [2.05, 4.69) is 91.8 Å². The predicted octanol–water partition coefficient (Wildman–Crippen LogP) is 6.85. The van der Waals surface area contributed by atoms with Crippen molar-refractivity contribution in [1.29, 1.82) is 0 Å². The Morgan fingerprint density at radius 2 is 1.05 bits per heavy atom. The van der Waals surface area contributed by atoms with E-state index in [4.69, 9.17) is 0 Å². The molecular weight excluding hydrogens is 264 g/mol. The van der Waals surface area contributed by atoms with E-state index in [0.717, 1.165) is 0 Å². The highest BCUT2D eigenvalue weighted by molar-refractivity contribution is 5.36. The highest BCUT2D eigenvalue weighted by atomic mass is 14.1. The molecule has 0 radical (unpaired) electrons. The highest BCUT2D eigenvalue weighted by Crippen LogP contribution is 2.22. The van der Waals surface area contributed by atoms with E-state index in [1.54, 1.807) is 0 Å². The lowest BCUT2D eigenvalue weighted by Crippen LogP contribution is -1.94. The fourth-order valence-electron chi connectivity index (χ4n) is 3.14. The second-order valence-corrected chi connectivity index (χ2v) is 6.90. The van der Waals surface area contributed by atoms with Crippen molar-refractivity contribution in [3.05, 3.63) is 69.8 Å². The van der Waals surface area contributed by atoms with Gasteiger partial charge in [-0.25, -0.2) is 0 Å². The van der Waals surface area contributed by atoms with Gasteiger partial charge in [0.15, 0.2) is 0 Å². The fraction of sp³-hybridized carbons (Fsp3) is 0.455. The number of rotatable bonds is 2. The molecule has 120 valence electrons. The largest absolute Gasteiger partial charge is 0.0617 e. The zero-order chi connectivity index (χ0) is 16.9. The van der Waals surface area contributed by atoms with Gasteiger partial charge < -0.3 is 0 Å². The molecule has 0 bridgehead atoms. The van der Waals surface area contributed by atoms with Crippen LogP contribution < -0.4 is 0 Å². The summed E-state index contributed by atoms with van der Waals surface area (Å²) in [4.78, 5) is 0. The number of benzene rings is 2. The SMILES string of the molecule is Cc1cccc(C(C)C)c1C.Cc1cccc(C)c1C(C)C. The monoisotopic (exact) mass is 296 g/mol.